The van der Waals surface area contributed by atoms with Gasteiger partial charge in [-0.25, -0.2) is 0 Å². The van der Waals surface area contributed by atoms with Gasteiger partial charge in [-0.3, -0.25) is 4.68 Å². The zero-order valence-corrected chi connectivity index (χ0v) is 11.5. The highest BCUT2D eigenvalue weighted by Gasteiger charge is 2.30. The Labute approximate surface area is 102 Å². The van der Waals surface area contributed by atoms with E-state index in [2.05, 4.69) is 18.9 Å². The van der Waals surface area contributed by atoms with E-state index in [0.29, 0.717) is 11.6 Å². The van der Waals surface area contributed by atoms with Crippen molar-refractivity contribution in [3.63, 3.8) is 0 Å². The van der Waals surface area contributed by atoms with Gasteiger partial charge in [0.25, 0.3) is 0 Å². The molecule has 0 aliphatic rings. The maximum absolute atomic E-state index is 10.4. The number of aromatic nitrogens is 2. The Kier molecular flexibility index (Phi) is 4.02. The second kappa shape index (κ2) is 4.76. The van der Waals surface area contributed by atoms with Gasteiger partial charge in [0.2, 0.25) is 0 Å². The first-order valence-electron chi connectivity index (χ1n) is 5.70. The van der Waals surface area contributed by atoms with E-state index in [1.807, 2.05) is 20.9 Å². The predicted molar refractivity (Wildman–Crippen MR) is 66.7 cm³/mol. The number of halogens is 1. The molecule has 0 saturated carbocycles. The molecule has 0 aromatic carbocycles. The van der Waals surface area contributed by atoms with E-state index < -0.39 is 5.60 Å². The molecule has 0 aliphatic heterocycles. The molecule has 16 heavy (non-hydrogen) atoms. The molecule has 0 aliphatic carbocycles. The van der Waals surface area contributed by atoms with Crippen molar-refractivity contribution in [1.29, 1.82) is 0 Å². The summed E-state index contributed by atoms with van der Waals surface area (Å²) in [5.41, 5.74) is 1.12. The summed E-state index contributed by atoms with van der Waals surface area (Å²) < 4.78 is 1.65. The summed E-state index contributed by atoms with van der Waals surface area (Å²) in [6, 6.07) is 0. The van der Waals surface area contributed by atoms with Crippen molar-refractivity contribution in [1.82, 2.24) is 9.78 Å². The first-order valence-corrected chi connectivity index (χ1v) is 6.07. The first-order chi connectivity index (χ1) is 7.29. The molecule has 2 unspecified atom stereocenters. The Bertz CT molecular complexity index is 371. The van der Waals surface area contributed by atoms with Gasteiger partial charge in [-0.2, -0.15) is 5.10 Å². The van der Waals surface area contributed by atoms with Crippen LogP contribution in [0.4, 0.5) is 0 Å². The molecule has 0 fully saturated rings. The fraction of sp³-hybridized carbons (Fsp3) is 0.750. The van der Waals surface area contributed by atoms with E-state index in [4.69, 9.17) is 11.6 Å². The van der Waals surface area contributed by atoms with Gasteiger partial charge >= 0.3 is 0 Å². The zero-order valence-electron chi connectivity index (χ0n) is 10.7. The lowest BCUT2D eigenvalue weighted by atomic mass is 9.83. The summed E-state index contributed by atoms with van der Waals surface area (Å²) in [6.45, 7) is 7.92. The standard InChI is InChI=1S/C12H21ClN2O/c1-6-8(2)12(4,16)7-10-9(3)14-15(5)11(10)13/h8,16H,6-7H2,1-5H3. The van der Waals surface area contributed by atoms with Gasteiger partial charge in [-0.05, 0) is 19.8 Å². The second-order valence-electron chi connectivity index (χ2n) is 4.82. The van der Waals surface area contributed by atoms with Gasteiger partial charge in [-0.15, -0.1) is 0 Å². The minimum absolute atomic E-state index is 0.239. The molecule has 0 radical (unpaired) electrons. The lowest BCUT2D eigenvalue weighted by molar-refractivity contribution is 0.00504. The van der Waals surface area contributed by atoms with Gasteiger partial charge in [0, 0.05) is 19.0 Å². The summed E-state index contributed by atoms with van der Waals surface area (Å²) >= 11 is 6.16. The SMILES string of the molecule is CCC(C)C(C)(O)Cc1c(C)nn(C)c1Cl. The molecule has 1 aromatic rings. The summed E-state index contributed by atoms with van der Waals surface area (Å²) in [5.74, 6) is 0.239. The van der Waals surface area contributed by atoms with Crippen LogP contribution >= 0.6 is 11.6 Å². The summed E-state index contributed by atoms with van der Waals surface area (Å²) in [5, 5.41) is 15.3. The van der Waals surface area contributed by atoms with Crippen molar-refractivity contribution in [2.75, 3.05) is 0 Å². The maximum Gasteiger partial charge on any atom is 0.130 e. The molecule has 0 saturated heterocycles. The van der Waals surface area contributed by atoms with E-state index in [-0.39, 0.29) is 5.92 Å². The van der Waals surface area contributed by atoms with Gasteiger partial charge < -0.3 is 5.11 Å². The molecule has 0 amide bonds. The van der Waals surface area contributed by atoms with Crippen molar-refractivity contribution in [3.05, 3.63) is 16.4 Å². The topological polar surface area (TPSA) is 38.1 Å². The van der Waals surface area contributed by atoms with Crippen LogP contribution in [0.15, 0.2) is 0 Å². The fourth-order valence-electron chi connectivity index (χ4n) is 1.85. The molecule has 3 nitrogen and oxygen atoms in total. The van der Waals surface area contributed by atoms with Gasteiger partial charge in [0.1, 0.15) is 5.15 Å². The highest BCUT2D eigenvalue weighted by atomic mass is 35.5. The van der Waals surface area contributed by atoms with Crippen LogP contribution in [-0.4, -0.2) is 20.5 Å². The number of aliphatic hydroxyl groups is 1. The van der Waals surface area contributed by atoms with Crippen LogP contribution in [0.2, 0.25) is 5.15 Å². The van der Waals surface area contributed by atoms with Crippen LogP contribution in [0.5, 0.6) is 0 Å². The molecule has 1 N–H and O–H groups in total. The molecule has 1 heterocycles. The summed E-state index contributed by atoms with van der Waals surface area (Å²) in [7, 11) is 1.82. The van der Waals surface area contributed by atoms with Gasteiger partial charge in [0.05, 0.1) is 11.3 Å². The molecular formula is C12H21ClN2O. The van der Waals surface area contributed by atoms with Crippen LogP contribution in [0.3, 0.4) is 0 Å². The Hall–Kier alpha value is -0.540. The van der Waals surface area contributed by atoms with E-state index >= 15 is 0 Å². The van der Waals surface area contributed by atoms with Gasteiger partial charge in [-0.1, -0.05) is 31.9 Å². The average Bonchev–Trinajstić information content (AvgIpc) is 2.43. The number of nitrogens with zero attached hydrogens (tertiary/aromatic N) is 2. The van der Waals surface area contributed by atoms with Crippen LogP contribution in [0.1, 0.15) is 38.4 Å². The molecular weight excluding hydrogens is 224 g/mol. The minimum atomic E-state index is -0.730. The van der Waals surface area contributed by atoms with Crippen molar-refractivity contribution < 1.29 is 5.11 Å². The maximum atomic E-state index is 10.4. The smallest absolute Gasteiger partial charge is 0.130 e. The zero-order chi connectivity index (χ0) is 12.5. The summed E-state index contributed by atoms with van der Waals surface area (Å²) in [4.78, 5) is 0. The number of hydrogen-bond acceptors (Lipinski definition) is 2. The van der Waals surface area contributed by atoms with E-state index in [1.54, 1.807) is 4.68 Å². The molecule has 1 aromatic heterocycles. The van der Waals surface area contributed by atoms with Crippen LogP contribution in [-0.2, 0) is 13.5 Å². The number of rotatable bonds is 4. The van der Waals surface area contributed by atoms with E-state index in [9.17, 15) is 5.11 Å². The van der Waals surface area contributed by atoms with E-state index in [1.165, 1.54) is 0 Å². The highest BCUT2D eigenvalue weighted by Crippen LogP contribution is 2.29. The third kappa shape index (κ3) is 2.58. The molecule has 1 rings (SSSR count). The predicted octanol–water partition coefficient (Wildman–Crippen LogP) is 2.72. The van der Waals surface area contributed by atoms with Crippen LogP contribution < -0.4 is 0 Å². The monoisotopic (exact) mass is 244 g/mol. The lowest BCUT2D eigenvalue weighted by Gasteiger charge is -2.29. The molecule has 4 heteroatoms. The molecule has 2 atom stereocenters. The summed E-state index contributed by atoms with van der Waals surface area (Å²) in [6.07, 6.45) is 1.50. The van der Waals surface area contributed by atoms with Crippen molar-refractivity contribution >= 4 is 11.6 Å². The van der Waals surface area contributed by atoms with Crippen molar-refractivity contribution in [3.8, 4) is 0 Å². The molecule has 0 spiro atoms. The first kappa shape index (κ1) is 13.5. The van der Waals surface area contributed by atoms with E-state index in [0.717, 1.165) is 17.7 Å². The fourth-order valence-corrected chi connectivity index (χ4v) is 2.09. The normalized spacial score (nSPS) is 17.2. The number of aryl methyl sites for hydroxylation is 2. The second-order valence-corrected chi connectivity index (χ2v) is 5.18. The molecule has 0 bridgehead atoms. The Morgan fingerprint density at radius 1 is 1.56 bits per heavy atom. The highest BCUT2D eigenvalue weighted by molar-refractivity contribution is 6.30. The molecule has 92 valence electrons. The Morgan fingerprint density at radius 3 is 2.50 bits per heavy atom. The quantitative estimate of drug-likeness (QED) is 0.885. The Balaban J connectivity index is 2.96. The Morgan fingerprint density at radius 2 is 2.12 bits per heavy atom. The van der Waals surface area contributed by atoms with Crippen LogP contribution in [0.25, 0.3) is 0 Å². The van der Waals surface area contributed by atoms with Crippen molar-refractivity contribution in [2.24, 2.45) is 13.0 Å². The van der Waals surface area contributed by atoms with Crippen molar-refractivity contribution in [2.45, 2.75) is 46.1 Å². The number of hydrogen-bond donors (Lipinski definition) is 1. The average molecular weight is 245 g/mol. The minimum Gasteiger partial charge on any atom is -0.390 e. The van der Waals surface area contributed by atoms with Crippen LogP contribution in [0, 0.1) is 12.8 Å². The third-order valence-electron chi connectivity index (χ3n) is 3.48. The lowest BCUT2D eigenvalue weighted by Crippen LogP contribution is -2.35. The van der Waals surface area contributed by atoms with Gasteiger partial charge in [0.15, 0.2) is 0 Å². The largest absolute Gasteiger partial charge is 0.390 e. The third-order valence-corrected chi connectivity index (χ3v) is 3.95.